The number of benzene rings is 1. The average Bonchev–Trinajstić information content (AvgIpc) is 2.57. The van der Waals surface area contributed by atoms with Crippen molar-refractivity contribution >= 4 is 33.7 Å². The first kappa shape index (κ1) is 10.7. The second-order valence-corrected chi connectivity index (χ2v) is 3.76. The molecule has 0 aliphatic carbocycles. The number of hydrogen-bond donors (Lipinski definition) is 1. The van der Waals surface area contributed by atoms with Gasteiger partial charge in [-0.2, -0.15) is 0 Å². The van der Waals surface area contributed by atoms with E-state index in [1.165, 1.54) is 10.6 Å². The van der Waals surface area contributed by atoms with E-state index in [0.717, 1.165) is 5.39 Å². The maximum Gasteiger partial charge on any atom is 0.352 e. The normalized spacial score (nSPS) is 10.6. The van der Waals surface area contributed by atoms with Gasteiger partial charge in [-0.25, -0.2) is 4.79 Å². The predicted octanol–water partition coefficient (Wildman–Crippen LogP) is 2.10. The van der Waals surface area contributed by atoms with Gasteiger partial charge in [-0.1, -0.05) is 18.2 Å². The van der Waals surface area contributed by atoms with Gasteiger partial charge >= 0.3 is 5.97 Å². The predicted molar refractivity (Wildman–Crippen MR) is 59.8 cm³/mol. The summed E-state index contributed by atoms with van der Waals surface area (Å²) in [7, 11) is 0. The molecule has 0 bridgehead atoms. The Balaban J connectivity index is 2.69. The lowest BCUT2D eigenvalue weighted by atomic mass is 10.2. The largest absolute Gasteiger partial charge is 0.477 e. The molecule has 16 heavy (non-hydrogen) atoms. The Hall–Kier alpha value is -1.81. The zero-order chi connectivity index (χ0) is 11.7. The summed E-state index contributed by atoms with van der Waals surface area (Å²) in [4.78, 5) is 21.9. The van der Waals surface area contributed by atoms with Crippen LogP contribution in [-0.2, 0) is 11.3 Å². The summed E-state index contributed by atoms with van der Waals surface area (Å²) in [5, 5.41) is 9.19. The van der Waals surface area contributed by atoms with E-state index >= 15 is 0 Å². The molecule has 1 aromatic carbocycles. The van der Waals surface area contributed by atoms with Crippen molar-refractivity contribution in [3.05, 3.63) is 36.0 Å². The highest BCUT2D eigenvalue weighted by Gasteiger charge is 2.15. The number of carboxylic acids is 1. The van der Waals surface area contributed by atoms with Crippen LogP contribution in [0.15, 0.2) is 30.3 Å². The van der Waals surface area contributed by atoms with Crippen LogP contribution >= 0.6 is 11.6 Å². The topological polar surface area (TPSA) is 59.3 Å². The van der Waals surface area contributed by atoms with Crippen molar-refractivity contribution < 1.29 is 14.7 Å². The van der Waals surface area contributed by atoms with Crippen LogP contribution in [-0.4, -0.2) is 20.9 Å². The number of aromatic carboxylic acids is 1. The minimum atomic E-state index is -1.07. The number of para-hydroxylation sites is 1. The minimum absolute atomic E-state index is 0.0650. The molecule has 4 nitrogen and oxygen atoms in total. The summed E-state index contributed by atoms with van der Waals surface area (Å²) in [5.74, 6) is -1.07. The number of carbonyl (C=O) groups is 2. The highest BCUT2D eigenvalue weighted by atomic mass is 35.5. The number of halogens is 1. The van der Waals surface area contributed by atoms with Crippen LogP contribution in [0.2, 0.25) is 0 Å². The van der Waals surface area contributed by atoms with Crippen LogP contribution in [0.1, 0.15) is 10.5 Å². The van der Waals surface area contributed by atoms with Crippen LogP contribution in [0.4, 0.5) is 0 Å². The Morgan fingerprint density at radius 3 is 2.62 bits per heavy atom. The molecule has 0 amide bonds. The first-order valence-corrected chi connectivity index (χ1v) is 4.97. The van der Waals surface area contributed by atoms with Crippen LogP contribution in [0, 0.1) is 0 Å². The lowest BCUT2D eigenvalue weighted by Crippen LogP contribution is -2.11. The number of fused-ring (bicyclic) bond motifs is 1. The monoisotopic (exact) mass is 237 g/mol. The molecule has 0 atom stereocenters. The van der Waals surface area contributed by atoms with Gasteiger partial charge in [0, 0.05) is 10.9 Å². The molecule has 0 spiro atoms. The molecule has 0 fully saturated rings. The standard InChI is InChI=1S/C11H8ClNO3/c12-10(14)6-13-8-4-2-1-3-7(8)5-9(13)11(15)16/h1-5H,6H2,(H,15,16). The quantitative estimate of drug-likeness (QED) is 0.832. The Labute approximate surface area is 96.0 Å². The lowest BCUT2D eigenvalue weighted by Gasteiger charge is -2.04. The van der Waals surface area contributed by atoms with Crippen molar-refractivity contribution in [1.82, 2.24) is 4.57 Å². The molecule has 0 saturated carbocycles. The Bertz CT molecular complexity index is 574. The zero-order valence-corrected chi connectivity index (χ0v) is 8.94. The van der Waals surface area contributed by atoms with Crippen molar-refractivity contribution in [3.63, 3.8) is 0 Å². The second kappa shape index (κ2) is 3.98. The number of carboxylic acid groups (broad SMARTS) is 1. The molecule has 0 radical (unpaired) electrons. The lowest BCUT2D eigenvalue weighted by molar-refractivity contribution is -0.112. The molecule has 0 aliphatic rings. The summed E-state index contributed by atoms with van der Waals surface area (Å²) in [6.45, 7) is -0.142. The Kier molecular flexibility index (Phi) is 2.66. The van der Waals surface area contributed by atoms with E-state index in [4.69, 9.17) is 16.7 Å². The molecule has 1 N–H and O–H groups in total. The maximum atomic E-state index is 11.0. The second-order valence-electron chi connectivity index (χ2n) is 3.33. The minimum Gasteiger partial charge on any atom is -0.477 e. The number of rotatable bonds is 3. The van der Waals surface area contributed by atoms with E-state index in [1.807, 2.05) is 0 Å². The van der Waals surface area contributed by atoms with Gasteiger partial charge in [0.2, 0.25) is 5.24 Å². The fourth-order valence-corrected chi connectivity index (χ4v) is 1.80. The van der Waals surface area contributed by atoms with Crippen LogP contribution in [0.25, 0.3) is 10.9 Å². The summed E-state index contributed by atoms with van der Waals surface area (Å²) in [5.41, 5.74) is 0.754. The van der Waals surface area contributed by atoms with Crippen LogP contribution in [0.3, 0.4) is 0 Å². The molecular weight excluding hydrogens is 230 g/mol. The molecule has 0 unspecified atom stereocenters. The van der Waals surface area contributed by atoms with Gasteiger partial charge in [0.15, 0.2) is 0 Å². The number of aromatic nitrogens is 1. The molecule has 1 heterocycles. The van der Waals surface area contributed by atoms with E-state index in [2.05, 4.69) is 0 Å². The molecular formula is C11H8ClNO3. The number of carbonyl (C=O) groups excluding carboxylic acids is 1. The first-order valence-electron chi connectivity index (χ1n) is 4.59. The highest BCUT2D eigenvalue weighted by molar-refractivity contribution is 6.63. The Morgan fingerprint density at radius 1 is 1.31 bits per heavy atom. The van der Waals surface area contributed by atoms with Gasteiger partial charge in [0.05, 0.1) is 6.54 Å². The average molecular weight is 238 g/mol. The summed E-state index contributed by atoms with van der Waals surface area (Å²) in [6, 6.07) is 8.65. The van der Waals surface area contributed by atoms with Gasteiger partial charge < -0.3 is 9.67 Å². The van der Waals surface area contributed by atoms with Crippen LogP contribution < -0.4 is 0 Å². The van der Waals surface area contributed by atoms with Crippen molar-refractivity contribution in [1.29, 1.82) is 0 Å². The fraction of sp³-hybridized carbons (Fsp3) is 0.0909. The summed E-state index contributed by atoms with van der Waals surface area (Å²) in [6.07, 6.45) is 0. The van der Waals surface area contributed by atoms with Gasteiger partial charge in [-0.15, -0.1) is 0 Å². The number of hydrogen-bond acceptors (Lipinski definition) is 2. The third kappa shape index (κ3) is 1.79. The fourth-order valence-electron chi connectivity index (χ4n) is 1.68. The molecule has 2 rings (SSSR count). The Morgan fingerprint density at radius 2 is 2.00 bits per heavy atom. The SMILES string of the molecule is O=C(Cl)Cn1c(C(=O)O)cc2ccccc21. The molecule has 82 valence electrons. The highest BCUT2D eigenvalue weighted by Crippen LogP contribution is 2.20. The number of nitrogens with zero attached hydrogens (tertiary/aromatic N) is 1. The summed E-state index contributed by atoms with van der Waals surface area (Å²) >= 11 is 5.29. The molecule has 0 saturated heterocycles. The zero-order valence-electron chi connectivity index (χ0n) is 8.18. The molecule has 5 heteroatoms. The van der Waals surface area contributed by atoms with Crippen molar-refractivity contribution in [2.24, 2.45) is 0 Å². The van der Waals surface area contributed by atoms with Gasteiger partial charge in [0.25, 0.3) is 0 Å². The first-order chi connectivity index (χ1) is 7.59. The third-order valence-electron chi connectivity index (χ3n) is 2.31. The van der Waals surface area contributed by atoms with E-state index in [1.54, 1.807) is 24.3 Å². The third-order valence-corrected chi connectivity index (χ3v) is 2.43. The maximum absolute atomic E-state index is 11.0. The molecule has 2 aromatic rings. The van der Waals surface area contributed by atoms with Crippen molar-refractivity contribution in [2.75, 3.05) is 0 Å². The summed E-state index contributed by atoms with van der Waals surface area (Å²) < 4.78 is 1.40. The van der Waals surface area contributed by atoms with Gasteiger partial charge in [-0.05, 0) is 23.7 Å². The van der Waals surface area contributed by atoms with E-state index in [-0.39, 0.29) is 12.2 Å². The smallest absolute Gasteiger partial charge is 0.352 e. The van der Waals surface area contributed by atoms with Crippen LogP contribution in [0.5, 0.6) is 0 Å². The van der Waals surface area contributed by atoms with E-state index in [9.17, 15) is 9.59 Å². The van der Waals surface area contributed by atoms with Crippen molar-refractivity contribution in [3.8, 4) is 0 Å². The van der Waals surface area contributed by atoms with Crippen molar-refractivity contribution in [2.45, 2.75) is 6.54 Å². The molecule has 0 aliphatic heterocycles. The van der Waals surface area contributed by atoms with E-state index in [0.29, 0.717) is 5.52 Å². The van der Waals surface area contributed by atoms with E-state index < -0.39 is 11.2 Å². The molecule has 1 aromatic heterocycles. The van der Waals surface area contributed by atoms with Gasteiger partial charge in [-0.3, -0.25) is 4.79 Å². The van der Waals surface area contributed by atoms with Gasteiger partial charge in [0.1, 0.15) is 5.69 Å².